The summed E-state index contributed by atoms with van der Waals surface area (Å²) in [5, 5.41) is 26.5. The second kappa shape index (κ2) is 3.44. The molecule has 12 heavy (non-hydrogen) atoms. The number of nitrogens with zero attached hydrogens (tertiary/aromatic N) is 1. The maximum atomic E-state index is 9.21. The number of allylic oxidation sites excluding steroid dienone is 1. The number of aromatic hydroxyl groups is 2. The molecule has 0 atom stereocenters. The predicted octanol–water partition coefficient (Wildman–Crippen LogP) is 1.63. The summed E-state index contributed by atoms with van der Waals surface area (Å²) >= 11 is 0. The first-order chi connectivity index (χ1) is 5.75. The Hall–Kier alpha value is -1.95. The summed E-state index contributed by atoms with van der Waals surface area (Å²) in [6, 6.07) is 6.35. The molecular weight excluding hydrogens is 154 g/mol. The predicted molar refractivity (Wildman–Crippen MR) is 44.4 cm³/mol. The van der Waals surface area contributed by atoms with E-state index in [4.69, 9.17) is 10.4 Å². The number of rotatable bonds is 1. The van der Waals surface area contributed by atoms with Crippen LogP contribution >= 0.6 is 0 Å². The van der Waals surface area contributed by atoms with E-state index in [-0.39, 0.29) is 11.5 Å². The van der Waals surface area contributed by atoms with Gasteiger partial charge in [-0.3, -0.25) is 0 Å². The van der Waals surface area contributed by atoms with Crippen molar-refractivity contribution in [2.24, 2.45) is 0 Å². The molecule has 0 fully saturated rings. The molecule has 1 aromatic rings. The van der Waals surface area contributed by atoms with Gasteiger partial charge >= 0.3 is 0 Å². The van der Waals surface area contributed by atoms with E-state index in [1.54, 1.807) is 18.2 Å². The van der Waals surface area contributed by atoms with Crippen LogP contribution < -0.4 is 0 Å². The quantitative estimate of drug-likeness (QED) is 0.486. The minimum atomic E-state index is -0.205. The Morgan fingerprint density at radius 1 is 1.33 bits per heavy atom. The van der Waals surface area contributed by atoms with E-state index >= 15 is 0 Å². The van der Waals surface area contributed by atoms with Crippen LogP contribution in [0.2, 0.25) is 0 Å². The lowest BCUT2D eigenvalue weighted by Gasteiger charge is -1.99. The highest BCUT2D eigenvalue weighted by molar-refractivity contribution is 5.62. The first kappa shape index (κ1) is 8.15. The highest BCUT2D eigenvalue weighted by Gasteiger charge is 2.00. The fraction of sp³-hybridized carbons (Fsp3) is 0. The van der Waals surface area contributed by atoms with Crippen LogP contribution in [0.1, 0.15) is 5.56 Å². The van der Waals surface area contributed by atoms with Crippen molar-refractivity contribution in [3.05, 3.63) is 29.8 Å². The molecule has 3 heteroatoms. The molecule has 3 nitrogen and oxygen atoms in total. The topological polar surface area (TPSA) is 64.2 Å². The Kier molecular flexibility index (Phi) is 2.34. The molecule has 0 amide bonds. The van der Waals surface area contributed by atoms with Gasteiger partial charge in [0.15, 0.2) is 11.5 Å². The molecule has 0 aliphatic carbocycles. The molecule has 0 aromatic heterocycles. The second-order valence-corrected chi connectivity index (χ2v) is 2.18. The zero-order valence-electron chi connectivity index (χ0n) is 6.23. The summed E-state index contributed by atoms with van der Waals surface area (Å²) in [4.78, 5) is 0. The fourth-order valence-electron chi connectivity index (χ4n) is 0.810. The number of para-hydroxylation sites is 1. The molecule has 0 bridgehead atoms. The number of hydrogen-bond acceptors (Lipinski definition) is 3. The van der Waals surface area contributed by atoms with Gasteiger partial charge in [0.2, 0.25) is 0 Å². The first-order valence-corrected chi connectivity index (χ1v) is 3.33. The molecule has 2 N–H and O–H groups in total. The third-order valence-electron chi connectivity index (χ3n) is 1.38. The highest BCUT2D eigenvalue weighted by Crippen LogP contribution is 2.28. The minimum absolute atomic E-state index is 0.185. The molecule has 1 aromatic carbocycles. The fourth-order valence-corrected chi connectivity index (χ4v) is 0.810. The molecule has 1 rings (SSSR count). The molecule has 0 spiro atoms. The molecule has 0 unspecified atom stereocenters. The van der Waals surface area contributed by atoms with Crippen molar-refractivity contribution >= 4 is 6.08 Å². The van der Waals surface area contributed by atoms with Gasteiger partial charge in [-0.2, -0.15) is 5.26 Å². The van der Waals surface area contributed by atoms with E-state index in [0.29, 0.717) is 5.56 Å². The lowest BCUT2D eigenvalue weighted by atomic mass is 10.2. The number of benzene rings is 1. The Morgan fingerprint density at radius 2 is 2.08 bits per heavy atom. The van der Waals surface area contributed by atoms with Gasteiger partial charge in [0, 0.05) is 11.6 Å². The SMILES string of the molecule is N#CC=Cc1cccc(O)c1O. The molecular formula is C9H7NO2. The van der Waals surface area contributed by atoms with Crippen LogP contribution in [0.3, 0.4) is 0 Å². The number of phenolic OH excluding ortho intramolecular Hbond substituents is 2. The summed E-state index contributed by atoms with van der Waals surface area (Å²) < 4.78 is 0. The summed E-state index contributed by atoms with van der Waals surface area (Å²) in [6.45, 7) is 0. The van der Waals surface area contributed by atoms with E-state index in [2.05, 4.69) is 0 Å². The Morgan fingerprint density at radius 3 is 2.75 bits per heavy atom. The van der Waals surface area contributed by atoms with Crippen LogP contribution in [-0.2, 0) is 0 Å². The molecule has 0 aliphatic heterocycles. The summed E-state index contributed by atoms with van der Waals surface area (Å²) in [5.41, 5.74) is 0.427. The van der Waals surface area contributed by atoms with Gasteiger partial charge in [-0.15, -0.1) is 0 Å². The van der Waals surface area contributed by atoms with Crippen molar-refractivity contribution in [2.45, 2.75) is 0 Å². The van der Waals surface area contributed by atoms with Gasteiger partial charge in [-0.1, -0.05) is 12.1 Å². The smallest absolute Gasteiger partial charge is 0.164 e. The van der Waals surface area contributed by atoms with E-state index in [9.17, 15) is 5.11 Å². The van der Waals surface area contributed by atoms with Gasteiger partial charge in [0.1, 0.15) is 0 Å². The maximum absolute atomic E-state index is 9.21. The summed E-state index contributed by atoms with van der Waals surface area (Å²) in [6.07, 6.45) is 2.66. The maximum Gasteiger partial charge on any atom is 0.164 e. The number of nitriles is 1. The normalized spacial score (nSPS) is 9.92. The average molecular weight is 161 g/mol. The summed E-state index contributed by atoms with van der Waals surface area (Å²) in [7, 11) is 0. The first-order valence-electron chi connectivity index (χ1n) is 3.33. The van der Waals surface area contributed by atoms with Crippen molar-refractivity contribution in [2.75, 3.05) is 0 Å². The van der Waals surface area contributed by atoms with E-state index < -0.39 is 0 Å². The lowest BCUT2D eigenvalue weighted by Crippen LogP contribution is -1.74. The van der Waals surface area contributed by atoms with E-state index in [0.717, 1.165) is 0 Å². The number of phenols is 2. The molecule has 0 saturated carbocycles. The van der Waals surface area contributed by atoms with Crippen LogP contribution in [0.25, 0.3) is 6.08 Å². The van der Waals surface area contributed by atoms with Gasteiger partial charge in [-0.05, 0) is 12.1 Å². The molecule has 0 heterocycles. The monoisotopic (exact) mass is 161 g/mol. The zero-order chi connectivity index (χ0) is 8.97. The highest BCUT2D eigenvalue weighted by atomic mass is 16.3. The third kappa shape index (κ3) is 1.55. The van der Waals surface area contributed by atoms with Crippen molar-refractivity contribution in [1.82, 2.24) is 0 Å². The van der Waals surface area contributed by atoms with Gasteiger partial charge in [-0.25, -0.2) is 0 Å². The molecule has 0 aliphatic rings. The Bertz CT molecular complexity index is 350. The van der Waals surface area contributed by atoms with Gasteiger partial charge < -0.3 is 10.2 Å². The number of hydrogen-bond donors (Lipinski definition) is 2. The Labute approximate surface area is 69.8 Å². The van der Waals surface area contributed by atoms with Crippen LogP contribution in [0.4, 0.5) is 0 Å². The van der Waals surface area contributed by atoms with Crippen molar-refractivity contribution < 1.29 is 10.2 Å². The van der Waals surface area contributed by atoms with Crippen molar-refractivity contribution in [3.8, 4) is 17.6 Å². The molecule has 0 radical (unpaired) electrons. The largest absolute Gasteiger partial charge is 0.504 e. The standard InChI is InChI=1S/C9H7NO2/c10-6-2-4-7-3-1-5-8(11)9(7)12/h1-5,11-12H. The van der Waals surface area contributed by atoms with E-state index in [1.165, 1.54) is 18.2 Å². The van der Waals surface area contributed by atoms with Crippen LogP contribution in [0, 0.1) is 11.3 Å². The minimum Gasteiger partial charge on any atom is -0.504 e. The van der Waals surface area contributed by atoms with Gasteiger partial charge in [0.05, 0.1) is 6.07 Å². The molecule has 0 saturated heterocycles. The van der Waals surface area contributed by atoms with Crippen LogP contribution in [-0.4, -0.2) is 10.2 Å². The molecule has 60 valence electrons. The second-order valence-electron chi connectivity index (χ2n) is 2.18. The Balaban J connectivity index is 3.10. The van der Waals surface area contributed by atoms with Crippen molar-refractivity contribution in [3.63, 3.8) is 0 Å². The summed E-state index contributed by atoms with van der Waals surface area (Å²) in [5.74, 6) is -0.390. The average Bonchev–Trinajstić information content (AvgIpc) is 2.08. The van der Waals surface area contributed by atoms with E-state index in [1.807, 2.05) is 0 Å². The van der Waals surface area contributed by atoms with Crippen molar-refractivity contribution in [1.29, 1.82) is 5.26 Å². The van der Waals surface area contributed by atoms with Crippen LogP contribution in [0.5, 0.6) is 11.5 Å². The van der Waals surface area contributed by atoms with Gasteiger partial charge in [0.25, 0.3) is 0 Å². The lowest BCUT2D eigenvalue weighted by molar-refractivity contribution is 0.403. The zero-order valence-corrected chi connectivity index (χ0v) is 6.23. The third-order valence-corrected chi connectivity index (χ3v) is 1.38. The van der Waals surface area contributed by atoms with Crippen LogP contribution in [0.15, 0.2) is 24.3 Å².